The number of H-pyrrole nitrogens is 1. The molecule has 0 bridgehead atoms. The van der Waals surface area contributed by atoms with Gasteiger partial charge < -0.3 is 15.6 Å². The standard InChI is InChI=1S/C12H18N6O3/c1-4-5-13-7(19)6-14-11-15-8-9(16-11)17(2)12(21)18(3)10(8)20/h4-6H2,1-3H3,(H,13,19)(H2,14,15,16). The zero-order chi connectivity index (χ0) is 15.6. The summed E-state index contributed by atoms with van der Waals surface area (Å²) in [5.74, 6) is 0.106. The number of nitrogens with one attached hydrogen (secondary N) is 3. The van der Waals surface area contributed by atoms with Crippen LogP contribution >= 0.6 is 0 Å². The van der Waals surface area contributed by atoms with Gasteiger partial charge in [0.1, 0.15) is 0 Å². The Morgan fingerprint density at radius 2 is 2.00 bits per heavy atom. The van der Waals surface area contributed by atoms with E-state index in [1.807, 2.05) is 6.92 Å². The first-order valence-electron chi connectivity index (χ1n) is 6.62. The maximum Gasteiger partial charge on any atom is 0.332 e. The van der Waals surface area contributed by atoms with Crippen LogP contribution in [-0.2, 0) is 18.9 Å². The molecule has 0 aliphatic carbocycles. The van der Waals surface area contributed by atoms with E-state index in [1.54, 1.807) is 0 Å². The number of fused-ring (bicyclic) bond motifs is 1. The maximum absolute atomic E-state index is 12.0. The van der Waals surface area contributed by atoms with Crippen LogP contribution in [0.25, 0.3) is 11.2 Å². The van der Waals surface area contributed by atoms with Gasteiger partial charge in [-0.25, -0.2) is 4.79 Å². The number of hydrogen-bond acceptors (Lipinski definition) is 5. The molecule has 1 amide bonds. The highest BCUT2D eigenvalue weighted by Gasteiger charge is 2.13. The first-order chi connectivity index (χ1) is 9.95. The summed E-state index contributed by atoms with van der Waals surface area (Å²) in [6.07, 6.45) is 0.856. The molecule has 0 atom stereocenters. The molecule has 0 radical (unpaired) electrons. The van der Waals surface area contributed by atoms with Gasteiger partial charge in [0.15, 0.2) is 11.2 Å². The van der Waals surface area contributed by atoms with Crippen molar-refractivity contribution in [3.8, 4) is 0 Å². The summed E-state index contributed by atoms with van der Waals surface area (Å²) >= 11 is 0. The molecule has 21 heavy (non-hydrogen) atoms. The molecule has 3 N–H and O–H groups in total. The molecule has 0 spiro atoms. The minimum absolute atomic E-state index is 0.0358. The summed E-state index contributed by atoms with van der Waals surface area (Å²) in [6.45, 7) is 2.60. The third-order valence-electron chi connectivity index (χ3n) is 3.08. The highest BCUT2D eigenvalue weighted by molar-refractivity contribution is 5.81. The van der Waals surface area contributed by atoms with Crippen molar-refractivity contribution >= 4 is 23.0 Å². The Hall–Kier alpha value is -2.58. The van der Waals surface area contributed by atoms with Gasteiger partial charge >= 0.3 is 5.69 Å². The van der Waals surface area contributed by atoms with E-state index in [1.165, 1.54) is 18.7 Å². The molecule has 0 aliphatic heterocycles. The first-order valence-corrected chi connectivity index (χ1v) is 6.62. The largest absolute Gasteiger partial charge is 0.355 e. The van der Waals surface area contributed by atoms with Crippen LogP contribution in [0.2, 0.25) is 0 Å². The second kappa shape index (κ2) is 5.81. The van der Waals surface area contributed by atoms with Gasteiger partial charge in [-0.3, -0.25) is 18.7 Å². The molecule has 0 saturated carbocycles. The molecule has 2 aromatic rings. The van der Waals surface area contributed by atoms with Crippen molar-refractivity contribution in [3.63, 3.8) is 0 Å². The van der Waals surface area contributed by atoms with Crippen LogP contribution in [0.4, 0.5) is 5.95 Å². The number of carbonyl (C=O) groups is 1. The number of imidazole rings is 1. The van der Waals surface area contributed by atoms with Crippen LogP contribution in [0.3, 0.4) is 0 Å². The summed E-state index contributed by atoms with van der Waals surface area (Å²) in [7, 11) is 2.93. The number of nitrogens with zero attached hydrogens (tertiary/aromatic N) is 3. The number of hydrogen-bond donors (Lipinski definition) is 3. The van der Waals surface area contributed by atoms with Crippen LogP contribution in [0.15, 0.2) is 9.59 Å². The van der Waals surface area contributed by atoms with E-state index in [0.717, 1.165) is 11.0 Å². The smallest absolute Gasteiger partial charge is 0.332 e. The number of rotatable bonds is 5. The number of amides is 1. The lowest BCUT2D eigenvalue weighted by molar-refractivity contribution is -0.119. The molecular weight excluding hydrogens is 276 g/mol. The van der Waals surface area contributed by atoms with Crippen molar-refractivity contribution < 1.29 is 4.79 Å². The molecule has 114 valence electrons. The molecule has 2 aromatic heterocycles. The van der Waals surface area contributed by atoms with Crippen LogP contribution in [0.1, 0.15) is 13.3 Å². The fourth-order valence-corrected chi connectivity index (χ4v) is 1.90. The van der Waals surface area contributed by atoms with Crippen molar-refractivity contribution in [3.05, 3.63) is 20.8 Å². The Morgan fingerprint density at radius 3 is 2.67 bits per heavy atom. The number of carbonyl (C=O) groups excluding carboxylic acids is 1. The average molecular weight is 294 g/mol. The lowest BCUT2D eigenvalue weighted by Crippen LogP contribution is -2.36. The highest BCUT2D eigenvalue weighted by Crippen LogP contribution is 2.07. The van der Waals surface area contributed by atoms with Crippen molar-refractivity contribution in [2.24, 2.45) is 14.1 Å². The van der Waals surface area contributed by atoms with Gasteiger partial charge in [0.25, 0.3) is 5.56 Å². The minimum atomic E-state index is -0.455. The van der Waals surface area contributed by atoms with Gasteiger partial charge in [0, 0.05) is 20.6 Å². The molecule has 0 aliphatic rings. The third kappa shape index (κ3) is 2.81. The van der Waals surface area contributed by atoms with Crippen molar-refractivity contribution in [2.45, 2.75) is 13.3 Å². The van der Waals surface area contributed by atoms with E-state index >= 15 is 0 Å². The predicted octanol–water partition coefficient (Wildman–Crippen LogP) is -1.10. The topological polar surface area (TPSA) is 114 Å². The molecule has 0 aromatic carbocycles. The summed E-state index contributed by atoms with van der Waals surface area (Å²) in [5.41, 5.74) is -0.439. The monoisotopic (exact) mass is 294 g/mol. The van der Waals surface area contributed by atoms with E-state index in [0.29, 0.717) is 6.54 Å². The Kier molecular flexibility index (Phi) is 4.10. The first kappa shape index (κ1) is 14.8. The van der Waals surface area contributed by atoms with Gasteiger partial charge in [-0.15, -0.1) is 0 Å². The van der Waals surface area contributed by atoms with Crippen molar-refractivity contribution in [1.29, 1.82) is 0 Å². The lowest BCUT2D eigenvalue weighted by Gasteiger charge is -2.03. The van der Waals surface area contributed by atoms with Gasteiger partial charge in [-0.2, -0.15) is 4.98 Å². The molecule has 0 saturated heterocycles. The molecule has 0 unspecified atom stereocenters. The normalized spacial score (nSPS) is 10.8. The zero-order valence-electron chi connectivity index (χ0n) is 12.2. The SMILES string of the molecule is CCCNC(=O)CNc1nc2c([nH]1)c(=O)n(C)c(=O)n2C. The van der Waals surface area contributed by atoms with Crippen molar-refractivity contribution in [2.75, 3.05) is 18.4 Å². The number of aryl methyl sites for hydroxylation is 1. The summed E-state index contributed by atoms with van der Waals surface area (Å²) < 4.78 is 2.27. The Bertz CT molecular complexity index is 785. The number of aromatic nitrogens is 4. The average Bonchev–Trinajstić information content (AvgIpc) is 2.91. The maximum atomic E-state index is 12.0. The summed E-state index contributed by atoms with van der Waals surface area (Å²) in [6, 6.07) is 0. The molecule has 0 fully saturated rings. The fourth-order valence-electron chi connectivity index (χ4n) is 1.90. The second-order valence-electron chi connectivity index (χ2n) is 4.69. The van der Waals surface area contributed by atoms with Crippen molar-refractivity contribution in [1.82, 2.24) is 24.4 Å². The molecule has 2 heterocycles. The van der Waals surface area contributed by atoms with Crippen LogP contribution in [0.5, 0.6) is 0 Å². The Balaban J connectivity index is 2.26. The van der Waals surface area contributed by atoms with Gasteiger partial charge in [0.2, 0.25) is 11.9 Å². The fraction of sp³-hybridized carbons (Fsp3) is 0.500. The Labute approximate surface area is 120 Å². The molecule has 2 rings (SSSR count). The molecule has 9 heteroatoms. The van der Waals surface area contributed by atoms with Crippen LogP contribution < -0.4 is 21.9 Å². The van der Waals surface area contributed by atoms with E-state index in [9.17, 15) is 14.4 Å². The number of anilines is 1. The Morgan fingerprint density at radius 1 is 1.29 bits per heavy atom. The quantitative estimate of drug-likeness (QED) is 0.647. The van der Waals surface area contributed by atoms with E-state index < -0.39 is 11.2 Å². The highest BCUT2D eigenvalue weighted by atomic mass is 16.2. The molecular formula is C12H18N6O3. The van der Waals surface area contributed by atoms with E-state index in [-0.39, 0.29) is 29.6 Å². The molecule has 9 nitrogen and oxygen atoms in total. The second-order valence-corrected chi connectivity index (χ2v) is 4.69. The predicted molar refractivity (Wildman–Crippen MR) is 78.4 cm³/mol. The van der Waals surface area contributed by atoms with Gasteiger partial charge in [-0.05, 0) is 6.42 Å². The number of aromatic amines is 1. The van der Waals surface area contributed by atoms with E-state index in [2.05, 4.69) is 20.6 Å². The summed E-state index contributed by atoms with van der Waals surface area (Å²) in [4.78, 5) is 42.2. The van der Waals surface area contributed by atoms with Gasteiger partial charge in [-0.1, -0.05) is 6.92 Å². The van der Waals surface area contributed by atoms with E-state index in [4.69, 9.17) is 0 Å². The van der Waals surface area contributed by atoms with Crippen LogP contribution in [-0.4, -0.2) is 38.1 Å². The van der Waals surface area contributed by atoms with Crippen LogP contribution in [0, 0.1) is 0 Å². The lowest BCUT2D eigenvalue weighted by atomic mass is 10.4. The van der Waals surface area contributed by atoms with Gasteiger partial charge in [0.05, 0.1) is 6.54 Å². The minimum Gasteiger partial charge on any atom is -0.355 e. The zero-order valence-corrected chi connectivity index (χ0v) is 12.2. The summed E-state index contributed by atoms with van der Waals surface area (Å²) in [5, 5.41) is 5.51. The third-order valence-corrected chi connectivity index (χ3v) is 3.08.